The molecule has 0 aromatic carbocycles. The second-order valence-corrected chi connectivity index (χ2v) is 5.38. The molecule has 1 aliphatic heterocycles. The molecule has 0 amide bonds. The number of hydrogen-bond donors (Lipinski definition) is 1. The van der Waals surface area contributed by atoms with Crippen molar-refractivity contribution in [1.29, 1.82) is 0 Å². The summed E-state index contributed by atoms with van der Waals surface area (Å²) in [6.45, 7) is 7.15. The van der Waals surface area contributed by atoms with Crippen LogP contribution < -0.4 is 5.32 Å². The first-order valence-electron chi connectivity index (χ1n) is 7.20. The Labute approximate surface area is 110 Å². The summed E-state index contributed by atoms with van der Waals surface area (Å²) < 4.78 is 1.86. The number of aromatic nitrogens is 2. The van der Waals surface area contributed by atoms with E-state index in [0.717, 1.165) is 6.54 Å². The van der Waals surface area contributed by atoms with E-state index < -0.39 is 0 Å². The maximum absolute atomic E-state index is 4.21. The molecule has 18 heavy (non-hydrogen) atoms. The van der Waals surface area contributed by atoms with Crippen LogP contribution in [-0.2, 0) is 7.05 Å². The molecule has 0 saturated carbocycles. The normalized spacial score (nSPS) is 19.0. The summed E-state index contributed by atoms with van der Waals surface area (Å²) in [5.74, 6) is 0. The molecule has 1 fully saturated rings. The van der Waals surface area contributed by atoms with Crippen LogP contribution in [0.1, 0.15) is 44.2 Å². The van der Waals surface area contributed by atoms with Crippen molar-refractivity contribution in [2.45, 2.75) is 38.6 Å². The van der Waals surface area contributed by atoms with E-state index in [9.17, 15) is 0 Å². The van der Waals surface area contributed by atoms with E-state index in [1.54, 1.807) is 0 Å². The van der Waals surface area contributed by atoms with E-state index >= 15 is 0 Å². The number of hydrogen-bond acceptors (Lipinski definition) is 3. The van der Waals surface area contributed by atoms with Gasteiger partial charge in [-0.05, 0) is 52.4 Å². The summed E-state index contributed by atoms with van der Waals surface area (Å²) in [4.78, 5) is 2.60. The van der Waals surface area contributed by atoms with Crippen molar-refractivity contribution >= 4 is 0 Å². The van der Waals surface area contributed by atoms with Crippen LogP contribution in [-0.4, -0.2) is 40.9 Å². The molecule has 1 aromatic rings. The molecule has 4 heteroatoms. The van der Waals surface area contributed by atoms with Gasteiger partial charge in [0.05, 0.1) is 6.20 Å². The van der Waals surface area contributed by atoms with E-state index in [2.05, 4.69) is 28.4 Å². The van der Waals surface area contributed by atoms with Crippen molar-refractivity contribution in [2.24, 2.45) is 7.05 Å². The van der Waals surface area contributed by atoms with Crippen molar-refractivity contribution in [1.82, 2.24) is 20.0 Å². The molecule has 2 rings (SSSR count). The summed E-state index contributed by atoms with van der Waals surface area (Å²) in [6.07, 6.45) is 9.47. The molecule has 1 saturated heterocycles. The van der Waals surface area contributed by atoms with Crippen LogP contribution in [0.15, 0.2) is 12.4 Å². The molecule has 0 bridgehead atoms. The Morgan fingerprint density at radius 1 is 1.33 bits per heavy atom. The Kier molecular flexibility index (Phi) is 5.20. The van der Waals surface area contributed by atoms with Crippen molar-refractivity contribution in [3.8, 4) is 0 Å². The van der Waals surface area contributed by atoms with Gasteiger partial charge in [-0.2, -0.15) is 5.10 Å². The molecule has 4 nitrogen and oxygen atoms in total. The highest BCUT2D eigenvalue weighted by atomic mass is 15.2. The van der Waals surface area contributed by atoms with Gasteiger partial charge in [0.2, 0.25) is 0 Å². The Morgan fingerprint density at radius 2 is 2.11 bits per heavy atom. The maximum atomic E-state index is 4.21. The zero-order chi connectivity index (χ0) is 12.8. The number of nitrogens with zero attached hydrogens (tertiary/aromatic N) is 3. The van der Waals surface area contributed by atoms with Crippen LogP contribution in [0, 0.1) is 0 Å². The van der Waals surface area contributed by atoms with Gasteiger partial charge in [-0.1, -0.05) is 6.42 Å². The van der Waals surface area contributed by atoms with Crippen molar-refractivity contribution < 1.29 is 0 Å². The molecule has 1 aliphatic rings. The predicted octanol–water partition coefficient (Wildman–Crippen LogP) is 1.95. The van der Waals surface area contributed by atoms with Crippen LogP contribution >= 0.6 is 0 Å². The molecular formula is C14H26N4. The van der Waals surface area contributed by atoms with Crippen molar-refractivity contribution in [3.05, 3.63) is 18.0 Å². The van der Waals surface area contributed by atoms with Gasteiger partial charge in [0, 0.05) is 24.8 Å². The average Bonchev–Trinajstić information content (AvgIpc) is 2.82. The topological polar surface area (TPSA) is 33.1 Å². The molecule has 102 valence electrons. The number of aryl methyl sites for hydroxylation is 1. The van der Waals surface area contributed by atoms with Crippen LogP contribution in [0.3, 0.4) is 0 Å². The van der Waals surface area contributed by atoms with Gasteiger partial charge < -0.3 is 10.2 Å². The molecule has 1 atom stereocenters. The van der Waals surface area contributed by atoms with Crippen molar-refractivity contribution in [2.75, 3.05) is 26.2 Å². The smallest absolute Gasteiger partial charge is 0.0537 e. The number of nitrogens with one attached hydrogen (secondary N) is 1. The maximum Gasteiger partial charge on any atom is 0.0537 e. The zero-order valence-corrected chi connectivity index (χ0v) is 11.7. The highest BCUT2D eigenvalue weighted by molar-refractivity contribution is 5.08. The third kappa shape index (κ3) is 4.10. The van der Waals surface area contributed by atoms with Crippen molar-refractivity contribution in [3.63, 3.8) is 0 Å². The van der Waals surface area contributed by atoms with Gasteiger partial charge >= 0.3 is 0 Å². The summed E-state index contributed by atoms with van der Waals surface area (Å²) in [6, 6.07) is 0.403. The first kappa shape index (κ1) is 13.6. The standard InChI is InChI=1S/C14H26N4/c1-13(14-11-16-17(2)12-14)15-7-6-10-18-8-4-3-5-9-18/h11-13,15H,3-10H2,1-2H3. The lowest BCUT2D eigenvalue weighted by Gasteiger charge is -2.26. The van der Waals surface area contributed by atoms with E-state index in [1.165, 1.54) is 50.9 Å². The minimum absolute atomic E-state index is 0.403. The van der Waals surface area contributed by atoms with Crippen LogP contribution in [0.2, 0.25) is 0 Å². The second kappa shape index (κ2) is 6.90. The van der Waals surface area contributed by atoms with E-state index in [0.29, 0.717) is 6.04 Å². The Morgan fingerprint density at radius 3 is 2.78 bits per heavy atom. The van der Waals surface area contributed by atoms with Gasteiger partial charge in [0.15, 0.2) is 0 Å². The van der Waals surface area contributed by atoms with Crippen LogP contribution in [0.25, 0.3) is 0 Å². The highest BCUT2D eigenvalue weighted by Gasteiger charge is 2.10. The predicted molar refractivity (Wildman–Crippen MR) is 74.5 cm³/mol. The van der Waals surface area contributed by atoms with E-state index in [-0.39, 0.29) is 0 Å². The largest absolute Gasteiger partial charge is 0.310 e. The fourth-order valence-electron chi connectivity index (χ4n) is 2.59. The van der Waals surface area contributed by atoms with Crippen LogP contribution in [0.4, 0.5) is 0 Å². The van der Waals surface area contributed by atoms with E-state index in [1.807, 2.05) is 17.9 Å². The lowest BCUT2D eigenvalue weighted by molar-refractivity contribution is 0.225. The van der Waals surface area contributed by atoms with E-state index in [4.69, 9.17) is 0 Å². The minimum Gasteiger partial charge on any atom is -0.310 e. The quantitative estimate of drug-likeness (QED) is 0.783. The third-order valence-electron chi connectivity index (χ3n) is 3.78. The first-order chi connectivity index (χ1) is 8.75. The number of likely N-dealkylation sites (tertiary alicyclic amines) is 1. The molecule has 0 aliphatic carbocycles. The zero-order valence-electron chi connectivity index (χ0n) is 11.7. The fraction of sp³-hybridized carbons (Fsp3) is 0.786. The fourth-order valence-corrected chi connectivity index (χ4v) is 2.59. The van der Waals surface area contributed by atoms with Crippen LogP contribution in [0.5, 0.6) is 0 Å². The summed E-state index contributed by atoms with van der Waals surface area (Å²) in [7, 11) is 1.96. The number of rotatable bonds is 6. The van der Waals surface area contributed by atoms with Gasteiger partial charge in [0.1, 0.15) is 0 Å². The summed E-state index contributed by atoms with van der Waals surface area (Å²) in [5, 5.41) is 7.78. The molecule has 0 radical (unpaired) electrons. The minimum atomic E-state index is 0.403. The van der Waals surface area contributed by atoms with Gasteiger partial charge in [-0.3, -0.25) is 4.68 Å². The monoisotopic (exact) mass is 250 g/mol. The summed E-state index contributed by atoms with van der Waals surface area (Å²) >= 11 is 0. The van der Waals surface area contributed by atoms with Gasteiger partial charge in [0.25, 0.3) is 0 Å². The average molecular weight is 250 g/mol. The molecule has 1 unspecified atom stereocenters. The van der Waals surface area contributed by atoms with Gasteiger partial charge in [-0.25, -0.2) is 0 Å². The lowest BCUT2D eigenvalue weighted by Crippen LogP contribution is -2.32. The lowest BCUT2D eigenvalue weighted by atomic mass is 10.1. The Bertz CT molecular complexity index is 341. The molecule has 0 spiro atoms. The summed E-state index contributed by atoms with van der Waals surface area (Å²) in [5.41, 5.74) is 1.27. The molecule has 1 N–H and O–H groups in total. The highest BCUT2D eigenvalue weighted by Crippen LogP contribution is 2.11. The Balaban J connectivity index is 1.60. The Hall–Kier alpha value is -0.870. The first-order valence-corrected chi connectivity index (χ1v) is 7.20. The second-order valence-electron chi connectivity index (χ2n) is 5.38. The molecular weight excluding hydrogens is 224 g/mol. The van der Waals surface area contributed by atoms with Gasteiger partial charge in [-0.15, -0.1) is 0 Å². The molecule has 2 heterocycles. The number of piperidine rings is 1. The third-order valence-corrected chi connectivity index (χ3v) is 3.78. The molecule has 1 aromatic heterocycles. The SMILES string of the molecule is CC(NCCCN1CCCCC1)c1cnn(C)c1.